The molecule has 1 aliphatic heterocycles. The fourth-order valence-electron chi connectivity index (χ4n) is 2.27. The summed E-state index contributed by atoms with van der Waals surface area (Å²) in [6, 6.07) is 20.7. The Hall–Kier alpha value is -1.64. The molecule has 2 aromatic rings. The molecule has 1 fully saturated rings. The van der Waals surface area contributed by atoms with Gasteiger partial charge in [-0.05, 0) is 18.1 Å². The first-order chi connectivity index (χ1) is 9.29. The number of rotatable bonds is 5. The standard InChI is InChI=1S/C17H18O2/c1-17(19-13-16-12-18-16,14-8-4-2-5-9-14)15-10-6-3-7-11-15/h2-11,16H,12-13H2,1H3. The van der Waals surface area contributed by atoms with Gasteiger partial charge in [0, 0.05) is 0 Å². The van der Waals surface area contributed by atoms with Gasteiger partial charge in [-0.3, -0.25) is 0 Å². The van der Waals surface area contributed by atoms with Crippen LogP contribution >= 0.6 is 0 Å². The smallest absolute Gasteiger partial charge is 0.115 e. The van der Waals surface area contributed by atoms with Crippen LogP contribution in [0.3, 0.4) is 0 Å². The second-order valence-electron chi connectivity index (χ2n) is 5.03. The molecule has 2 aromatic carbocycles. The molecule has 2 nitrogen and oxygen atoms in total. The molecule has 98 valence electrons. The van der Waals surface area contributed by atoms with Crippen molar-refractivity contribution >= 4 is 0 Å². The van der Waals surface area contributed by atoms with E-state index in [-0.39, 0.29) is 6.10 Å². The van der Waals surface area contributed by atoms with E-state index in [4.69, 9.17) is 9.47 Å². The number of epoxide rings is 1. The fourth-order valence-corrected chi connectivity index (χ4v) is 2.27. The minimum atomic E-state index is -0.422. The summed E-state index contributed by atoms with van der Waals surface area (Å²) in [5.41, 5.74) is 1.91. The van der Waals surface area contributed by atoms with Gasteiger partial charge in [-0.2, -0.15) is 0 Å². The number of benzene rings is 2. The molecular weight excluding hydrogens is 236 g/mol. The molecule has 2 heteroatoms. The Morgan fingerprint density at radius 1 is 1.00 bits per heavy atom. The second kappa shape index (κ2) is 5.16. The number of hydrogen-bond acceptors (Lipinski definition) is 2. The lowest BCUT2D eigenvalue weighted by Crippen LogP contribution is -2.29. The largest absolute Gasteiger partial charge is 0.371 e. The lowest BCUT2D eigenvalue weighted by molar-refractivity contribution is -0.0118. The molecule has 1 atom stereocenters. The molecule has 3 rings (SSSR count). The molecular formula is C17H18O2. The van der Waals surface area contributed by atoms with Crippen molar-refractivity contribution in [1.82, 2.24) is 0 Å². The zero-order valence-corrected chi connectivity index (χ0v) is 11.1. The Kier molecular flexibility index (Phi) is 3.36. The van der Waals surface area contributed by atoms with E-state index in [0.29, 0.717) is 6.61 Å². The lowest BCUT2D eigenvalue weighted by Gasteiger charge is -2.31. The predicted molar refractivity (Wildman–Crippen MR) is 75.0 cm³/mol. The van der Waals surface area contributed by atoms with Gasteiger partial charge in [0.15, 0.2) is 0 Å². The molecule has 1 heterocycles. The van der Waals surface area contributed by atoms with Crippen LogP contribution in [0.2, 0.25) is 0 Å². The molecule has 0 N–H and O–H groups in total. The predicted octanol–water partition coefficient (Wildman–Crippen LogP) is 3.37. The van der Waals surface area contributed by atoms with Gasteiger partial charge < -0.3 is 9.47 Å². The number of hydrogen-bond donors (Lipinski definition) is 0. The zero-order valence-electron chi connectivity index (χ0n) is 11.1. The molecule has 19 heavy (non-hydrogen) atoms. The van der Waals surface area contributed by atoms with E-state index in [9.17, 15) is 0 Å². The summed E-state index contributed by atoms with van der Waals surface area (Å²) in [5.74, 6) is 0. The van der Waals surface area contributed by atoms with Gasteiger partial charge in [-0.1, -0.05) is 60.7 Å². The summed E-state index contributed by atoms with van der Waals surface area (Å²) >= 11 is 0. The van der Waals surface area contributed by atoms with Crippen LogP contribution in [-0.4, -0.2) is 19.3 Å². The van der Waals surface area contributed by atoms with E-state index >= 15 is 0 Å². The van der Waals surface area contributed by atoms with Crippen molar-refractivity contribution in [3.8, 4) is 0 Å². The second-order valence-corrected chi connectivity index (χ2v) is 5.03. The van der Waals surface area contributed by atoms with Gasteiger partial charge in [0.2, 0.25) is 0 Å². The highest BCUT2D eigenvalue weighted by molar-refractivity contribution is 5.35. The molecule has 0 amide bonds. The molecule has 0 radical (unpaired) electrons. The van der Waals surface area contributed by atoms with E-state index < -0.39 is 5.60 Å². The van der Waals surface area contributed by atoms with E-state index in [1.807, 2.05) is 36.4 Å². The summed E-state index contributed by atoms with van der Waals surface area (Å²) in [5, 5.41) is 0. The highest BCUT2D eigenvalue weighted by atomic mass is 16.6. The summed E-state index contributed by atoms with van der Waals surface area (Å²) in [6.07, 6.45) is 0.270. The maximum atomic E-state index is 6.20. The van der Waals surface area contributed by atoms with Crippen molar-refractivity contribution in [2.24, 2.45) is 0 Å². The van der Waals surface area contributed by atoms with Crippen molar-refractivity contribution in [1.29, 1.82) is 0 Å². The first-order valence-electron chi connectivity index (χ1n) is 6.66. The molecule has 0 aliphatic carbocycles. The van der Waals surface area contributed by atoms with Crippen molar-refractivity contribution in [3.63, 3.8) is 0 Å². The van der Waals surface area contributed by atoms with Crippen LogP contribution in [-0.2, 0) is 15.1 Å². The fraction of sp³-hybridized carbons (Fsp3) is 0.294. The van der Waals surface area contributed by atoms with Crippen molar-refractivity contribution in [2.75, 3.05) is 13.2 Å². The third-order valence-electron chi connectivity index (χ3n) is 3.61. The average Bonchev–Trinajstić information content (AvgIpc) is 3.31. The van der Waals surface area contributed by atoms with Crippen LogP contribution in [0.1, 0.15) is 18.1 Å². The summed E-state index contributed by atoms with van der Waals surface area (Å²) < 4.78 is 11.5. The van der Waals surface area contributed by atoms with Crippen LogP contribution in [0.25, 0.3) is 0 Å². The van der Waals surface area contributed by atoms with Gasteiger partial charge in [-0.15, -0.1) is 0 Å². The van der Waals surface area contributed by atoms with E-state index in [1.165, 1.54) is 11.1 Å². The Balaban J connectivity index is 1.94. The van der Waals surface area contributed by atoms with Crippen LogP contribution in [0.5, 0.6) is 0 Å². The first kappa shape index (κ1) is 12.4. The quantitative estimate of drug-likeness (QED) is 0.763. The van der Waals surface area contributed by atoms with Crippen LogP contribution in [0, 0.1) is 0 Å². The van der Waals surface area contributed by atoms with Crippen molar-refractivity contribution < 1.29 is 9.47 Å². The summed E-state index contributed by atoms with van der Waals surface area (Å²) in [7, 11) is 0. The summed E-state index contributed by atoms with van der Waals surface area (Å²) in [4.78, 5) is 0. The Bertz CT molecular complexity index is 478. The minimum absolute atomic E-state index is 0.270. The Morgan fingerprint density at radius 3 is 1.89 bits per heavy atom. The molecule has 0 bridgehead atoms. The van der Waals surface area contributed by atoms with Gasteiger partial charge >= 0.3 is 0 Å². The lowest BCUT2D eigenvalue weighted by atomic mass is 9.88. The Morgan fingerprint density at radius 2 is 1.47 bits per heavy atom. The summed E-state index contributed by atoms with van der Waals surface area (Å²) in [6.45, 7) is 3.58. The van der Waals surface area contributed by atoms with E-state index in [2.05, 4.69) is 31.2 Å². The third-order valence-corrected chi connectivity index (χ3v) is 3.61. The van der Waals surface area contributed by atoms with Crippen LogP contribution in [0.15, 0.2) is 60.7 Å². The minimum Gasteiger partial charge on any atom is -0.371 e. The van der Waals surface area contributed by atoms with E-state index in [0.717, 1.165) is 6.61 Å². The van der Waals surface area contributed by atoms with Crippen molar-refractivity contribution in [3.05, 3.63) is 71.8 Å². The van der Waals surface area contributed by atoms with Crippen LogP contribution < -0.4 is 0 Å². The highest BCUT2D eigenvalue weighted by Gasteiger charge is 2.33. The normalized spacial score (nSPS) is 18.3. The first-order valence-corrected chi connectivity index (χ1v) is 6.66. The molecule has 0 aromatic heterocycles. The maximum Gasteiger partial charge on any atom is 0.115 e. The molecule has 0 saturated carbocycles. The molecule has 0 spiro atoms. The molecule has 1 unspecified atom stereocenters. The van der Waals surface area contributed by atoms with Gasteiger partial charge in [0.25, 0.3) is 0 Å². The highest BCUT2D eigenvalue weighted by Crippen LogP contribution is 2.34. The molecule has 1 saturated heterocycles. The third kappa shape index (κ3) is 2.70. The molecule has 1 aliphatic rings. The van der Waals surface area contributed by atoms with Gasteiger partial charge in [0.1, 0.15) is 11.7 Å². The Labute approximate surface area is 114 Å². The van der Waals surface area contributed by atoms with Gasteiger partial charge in [0.05, 0.1) is 13.2 Å². The van der Waals surface area contributed by atoms with Crippen LogP contribution in [0.4, 0.5) is 0 Å². The topological polar surface area (TPSA) is 21.8 Å². The maximum absolute atomic E-state index is 6.20. The zero-order chi connectivity index (χ0) is 13.1. The average molecular weight is 254 g/mol. The van der Waals surface area contributed by atoms with E-state index in [1.54, 1.807) is 0 Å². The van der Waals surface area contributed by atoms with Crippen molar-refractivity contribution in [2.45, 2.75) is 18.6 Å². The van der Waals surface area contributed by atoms with Gasteiger partial charge in [-0.25, -0.2) is 0 Å². The monoisotopic (exact) mass is 254 g/mol. The number of ether oxygens (including phenoxy) is 2. The SMILES string of the molecule is CC(OCC1CO1)(c1ccccc1)c1ccccc1.